The van der Waals surface area contributed by atoms with Crippen molar-refractivity contribution in [3.63, 3.8) is 0 Å². The highest BCUT2D eigenvalue weighted by molar-refractivity contribution is 5.87. The number of hydrogen-bond donors (Lipinski definition) is 3. The van der Waals surface area contributed by atoms with E-state index in [2.05, 4.69) is 5.48 Å². The van der Waals surface area contributed by atoms with Crippen molar-refractivity contribution < 1.29 is 29.5 Å². The van der Waals surface area contributed by atoms with Crippen LogP contribution >= 0.6 is 0 Å². The fourth-order valence-corrected chi connectivity index (χ4v) is 3.34. The normalized spacial score (nSPS) is 30.6. The first-order chi connectivity index (χ1) is 11.0. The lowest BCUT2D eigenvalue weighted by atomic mass is 10.0. The Hall–Kier alpha value is -2.07. The molecule has 0 aromatic carbocycles. The van der Waals surface area contributed by atoms with Crippen LogP contribution in [0.15, 0.2) is 0 Å². The number of nitrogens with zero attached hydrogens (tertiary/aromatic N) is 3. The number of amides is 4. The molecule has 3 atom stereocenters. The second-order valence-electron chi connectivity index (χ2n) is 6.10. The molecule has 0 aliphatic carbocycles. The zero-order valence-corrected chi connectivity index (χ0v) is 12.6. The van der Waals surface area contributed by atoms with Gasteiger partial charge in [0.05, 0.1) is 12.6 Å². The van der Waals surface area contributed by atoms with Crippen molar-refractivity contribution in [3.05, 3.63) is 0 Å². The maximum Gasteiger partial charge on any atom is 0.407 e. The zero-order valence-electron chi connectivity index (χ0n) is 12.6. The molecule has 3 saturated heterocycles. The van der Waals surface area contributed by atoms with Gasteiger partial charge in [-0.25, -0.2) is 20.1 Å². The van der Waals surface area contributed by atoms with Crippen LogP contribution in [-0.2, 0) is 9.63 Å². The number of carbonyl (C=O) groups excluding carboxylic acids is 2. The molecule has 10 heteroatoms. The Morgan fingerprint density at radius 2 is 2.00 bits per heavy atom. The Kier molecular flexibility index (Phi) is 4.26. The SMILES string of the molecule is O=C(NO[C@H]1CCCN(C(=O)O)C1)[C@@H]1CC[C@@H]2CN1C(=O)N2O. The van der Waals surface area contributed by atoms with Crippen LogP contribution in [-0.4, -0.2) is 81.0 Å². The van der Waals surface area contributed by atoms with Crippen LogP contribution in [0.1, 0.15) is 25.7 Å². The lowest BCUT2D eigenvalue weighted by molar-refractivity contribution is -0.146. The molecule has 128 valence electrons. The smallest absolute Gasteiger partial charge is 0.407 e. The lowest BCUT2D eigenvalue weighted by Gasteiger charge is -2.32. The Balaban J connectivity index is 1.52. The van der Waals surface area contributed by atoms with E-state index in [1.54, 1.807) is 0 Å². The van der Waals surface area contributed by atoms with E-state index in [0.717, 1.165) is 0 Å². The third-order valence-electron chi connectivity index (χ3n) is 4.62. The van der Waals surface area contributed by atoms with Crippen LogP contribution in [0.2, 0.25) is 0 Å². The van der Waals surface area contributed by atoms with E-state index < -0.39 is 30.2 Å². The number of hydrogen-bond acceptors (Lipinski definition) is 5. The van der Waals surface area contributed by atoms with Crippen LogP contribution in [0.5, 0.6) is 0 Å². The zero-order chi connectivity index (χ0) is 16.6. The molecule has 0 unspecified atom stereocenters. The summed E-state index contributed by atoms with van der Waals surface area (Å²) in [6.07, 6.45) is 0.922. The summed E-state index contributed by atoms with van der Waals surface area (Å²) in [5, 5.41) is 19.3. The van der Waals surface area contributed by atoms with E-state index in [1.165, 1.54) is 9.80 Å². The van der Waals surface area contributed by atoms with Crippen molar-refractivity contribution in [2.45, 2.75) is 43.9 Å². The van der Waals surface area contributed by atoms with Crippen LogP contribution < -0.4 is 5.48 Å². The number of nitrogens with one attached hydrogen (secondary N) is 1. The molecule has 3 N–H and O–H groups in total. The highest BCUT2D eigenvalue weighted by Crippen LogP contribution is 2.28. The third-order valence-corrected chi connectivity index (χ3v) is 4.62. The van der Waals surface area contributed by atoms with E-state index in [0.29, 0.717) is 43.8 Å². The van der Waals surface area contributed by atoms with Crippen LogP contribution in [0.3, 0.4) is 0 Å². The molecule has 3 aliphatic rings. The van der Waals surface area contributed by atoms with Gasteiger partial charge in [0.15, 0.2) is 0 Å². The summed E-state index contributed by atoms with van der Waals surface area (Å²) in [6.45, 7) is 0.987. The number of hydroxylamine groups is 3. The lowest BCUT2D eigenvalue weighted by Crippen LogP contribution is -2.51. The van der Waals surface area contributed by atoms with Gasteiger partial charge in [-0.05, 0) is 25.7 Å². The summed E-state index contributed by atoms with van der Waals surface area (Å²) < 4.78 is 0. The minimum atomic E-state index is -1.01. The van der Waals surface area contributed by atoms with Crippen molar-refractivity contribution in [2.75, 3.05) is 19.6 Å². The molecular formula is C13H20N4O6. The van der Waals surface area contributed by atoms with Gasteiger partial charge in [0.25, 0.3) is 5.91 Å². The summed E-state index contributed by atoms with van der Waals surface area (Å²) in [5.41, 5.74) is 2.35. The quantitative estimate of drug-likeness (QED) is 0.488. The molecule has 0 aromatic heterocycles. The molecule has 0 saturated carbocycles. The third kappa shape index (κ3) is 3.04. The Labute approximate surface area is 132 Å². The second kappa shape index (κ2) is 6.20. The van der Waals surface area contributed by atoms with E-state index >= 15 is 0 Å². The molecule has 23 heavy (non-hydrogen) atoms. The van der Waals surface area contributed by atoms with Crippen molar-refractivity contribution in [2.24, 2.45) is 0 Å². The number of likely N-dealkylation sites (tertiary alicyclic amines) is 1. The molecule has 3 rings (SSSR count). The predicted octanol–water partition coefficient (Wildman–Crippen LogP) is -0.166. The summed E-state index contributed by atoms with van der Waals surface area (Å²) in [7, 11) is 0. The molecule has 3 fully saturated rings. The molecular weight excluding hydrogens is 308 g/mol. The van der Waals surface area contributed by atoms with Gasteiger partial charge in [-0.2, -0.15) is 0 Å². The molecule has 4 amide bonds. The van der Waals surface area contributed by atoms with Gasteiger partial charge in [0.1, 0.15) is 12.1 Å². The van der Waals surface area contributed by atoms with Gasteiger partial charge in [-0.15, -0.1) is 0 Å². The fraction of sp³-hybridized carbons (Fsp3) is 0.769. The van der Waals surface area contributed by atoms with Crippen LogP contribution in [0, 0.1) is 0 Å². The van der Waals surface area contributed by atoms with E-state index in [-0.39, 0.29) is 12.6 Å². The Morgan fingerprint density at radius 1 is 1.22 bits per heavy atom. The molecule has 0 spiro atoms. The largest absolute Gasteiger partial charge is 0.465 e. The first-order valence-corrected chi connectivity index (χ1v) is 7.69. The number of carbonyl (C=O) groups is 3. The number of rotatable bonds is 3. The molecule has 0 aromatic rings. The maximum atomic E-state index is 12.2. The van der Waals surface area contributed by atoms with Gasteiger partial charge in [0, 0.05) is 13.1 Å². The summed E-state index contributed by atoms with van der Waals surface area (Å²) in [6, 6.07) is -1.49. The van der Waals surface area contributed by atoms with Gasteiger partial charge in [0.2, 0.25) is 0 Å². The first-order valence-electron chi connectivity index (χ1n) is 7.69. The van der Waals surface area contributed by atoms with Crippen LogP contribution in [0.25, 0.3) is 0 Å². The van der Waals surface area contributed by atoms with Crippen molar-refractivity contribution in [1.82, 2.24) is 20.3 Å². The summed E-state index contributed by atoms with van der Waals surface area (Å²) in [4.78, 5) is 42.9. The average Bonchev–Trinajstić information content (AvgIpc) is 2.77. The van der Waals surface area contributed by atoms with Gasteiger partial charge >= 0.3 is 12.1 Å². The number of piperidine rings is 2. The highest BCUT2D eigenvalue weighted by atomic mass is 16.7. The topological polar surface area (TPSA) is 123 Å². The minimum absolute atomic E-state index is 0.204. The molecule has 2 bridgehead atoms. The predicted molar refractivity (Wildman–Crippen MR) is 74.4 cm³/mol. The van der Waals surface area contributed by atoms with Crippen LogP contribution in [0.4, 0.5) is 9.59 Å². The Morgan fingerprint density at radius 3 is 2.74 bits per heavy atom. The molecule has 0 radical (unpaired) electrons. The second-order valence-corrected chi connectivity index (χ2v) is 6.10. The number of urea groups is 1. The molecule has 3 aliphatic heterocycles. The minimum Gasteiger partial charge on any atom is -0.465 e. The summed E-state index contributed by atoms with van der Waals surface area (Å²) in [5.74, 6) is -0.445. The van der Waals surface area contributed by atoms with Crippen molar-refractivity contribution in [3.8, 4) is 0 Å². The number of fused-ring (bicyclic) bond motifs is 2. The van der Waals surface area contributed by atoms with Gasteiger partial charge in [-0.1, -0.05) is 0 Å². The maximum absolute atomic E-state index is 12.2. The molecule has 3 heterocycles. The fourth-order valence-electron chi connectivity index (χ4n) is 3.34. The van der Waals surface area contributed by atoms with Gasteiger partial charge in [-0.3, -0.25) is 14.8 Å². The summed E-state index contributed by atoms with van der Waals surface area (Å²) >= 11 is 0. The number of carboxylic acid groups (broad SMARTS) is 1. The molecule has 10 nitrogen and oxygen atoms in total. The van der Waals surface area contributed by atoms with Crippen molar-refractivity contribution in [1.29, 1.82) is 0 Å². The average molecular weight is 328 g/mol. The first kappa shape index (κ1) is 15.8. The van der Waals surface area contributed by atoms with E-state index in [4.69, 9.17) is 9.94 Å². The standard InChI is InChI=1S/C13H20N4O6/c18-11(10-4-3-8-6-16(10)12(19)17(8)22)14-23-9-2-1-5-15(7-9)13(20)21/h8-10,22H,1-7H2,(H,14,18)(H,20,21)/t8-,9+,10+/m1/s1. The Bertz CT molecular complexity index is 515. The highest BCUT2D eigenvalue weighted by Gasteiger charge is 2.46. The van der Waals surface area contributed by atoms with E-state index in [1.807, 2.05) is 0 Å². The van der Waals surface area contributed by atoms with Gasteiger partial charge < -0.3 is 14.9 Å². The monoisotopic (exact) mass is 328 g/mol. The van der Waals surface area contributed by atoms with Crippen molar-refractivity contribution >= 4 is 18.0 Å². The van der Waals surface area contributed by atoms with E-state index in [9.17, 15) is 19.6 Å².